The minimum atomic E-state index is -0.232. The molecule has 0 aliphatic carbocycles. The van der Waals surface area contributed by atoms with Crippen molar-refractivity contribution in [2.45, 2.75) is 25.8 Å². The SMILES string of the molecule is O=C(Nc1ccc(-c2cn3c(n2)CCCC3)cc1)c1ccn(-c2ccccc2)n1. The van der Waals surface area contributed by atoms with Crippen molar-refractivity contribution in [1.29, 1.82) is 0 Å². The molecule has 6 nitrogen and oxygen atoms in total. The van der Waals surface area contributed by atoms with Crippen LogP contribution in [0.1, 0.15) is 29.2 Å². The van der Waals surface area contributed by atoms with Gasteiger partial charge in [-0.1, -0.05) is 30.3 Å². The van der Waals surface area contributed by atoms with Crippen LogP contribution in [0.2, 0.25) is 0 Å². The van der Waals surface area contributed by atoms with Crippen LogP contribution >= 0.6 is 0 Å². The normalized spacial score (nSPS) is 13.1. The number of rotatable bonds is 4. The molecule has 2 aromatic heterocycles. The molecule has 2 aromatic carbocycles. The van der Waals surface area contributed by atoms with E-state index in [0.717, 1.165) is 41.4 Å². The molecule has 0 spiro atoms. The predicted molar refractivity (Wildman–Crippen MR) is 112 cm³/mol. The lowest BCUT2D eigenvalue weighted by Crippen LogP contribution is -2.13. The summed E-state index contributed by atoms with van der Waals surface area (Å²) in [5.74, 6) is 0.933. The summed E-state index contributed by atoms with van der Waals surface area (Å²) in [6.45, 7) is 1.05. The highest BCUT2D eigenvalue weighted by Crippen LogP contribution is 2.24. The van der Waals surface area contributed by atoms with Crippen LogP contribution in [0.4, 0.5) is 5.69 Å². The number of aryl methyl sites for hydroxylation is 2. The lowest BCUT2D eigenvalue weighted by atomic mass is 10.1. The molecule has 0 fully saturated rings. The first kappa shape index (κ1) is 17.4. The molecule has 1 aliphatic heterocycles. The third kappa shape index (κ3) is 3.57. The zero-order chi connectivity index (χ0) is 19.6. The van der Waals surface area contributed by atoms with Gasteiger partial charge < -0.3 is 9.88 Å². The summed E-state index contributed by atoms with van der Waals surface area (Å²) in [6, 6.07) is 19.2. The van der Waals surface area contributed by atoms with Crippen LogP contribution in [0.5, 0.6) is 0 Å². The summed E-state index contributed by atoms with van der Waals surface area (Å²) in [5.41, 5.74) is 4.06. The molecule has 0 saturated carbocycles. The topological polar surface area (TPSA) is 64.7 Å². The Kier molecular flexibility index (Phi) is 4.44. The number of imidazole rings is 1. The van der Waals surface area contributed by atoms with Crippen molar-refractivity contribution in [1.82, 2.24) is 19.3 Å². The number of fused-ring (bicyclic) bond motifs is 1. The monoisotopic (exact) mass is 383 g/mol. The van der Waals surface area contributed by atoms with Crippen LogP contribution in [0, 0.1) is 0 Å². The number of benzene rings is 2. The smallest absolute Gasteiger partial charge is 0.276 e. The van der Waals surface area contributed by atoms with E-state index in [4.69, 9.17) is 4.98 Å². The van der Waals surface area contributed by atoms with Gasteiger partial charge >= 0.3 is 0 Å². The van der Waals surface area contributed by atoms with Gasteiger partial charge in [0.2, 0.25) is 0 Å². The van der Waals surface area contributed by atoms with Gasteiger partial charge in [-0.3, -0.25) is 4.79 Å². The highest BCUT2D eigenvalue weighted by atomic mass is 16.1. The fourth-order valence-corrected chi connectivity index (χ4v) is 3.64. The van der Waals surface area contributed by atoms with Gasteiger partial charge in [0.15, 0.2) is 5.69 Å². The first-order chi connectivity index (χ1) is 14.3. The van der Waals surface area contributed by atoms with Crippen LogP contribution in [-0.2, 0) is 13.0 Å². The van der Waals surface area contributed by atoms with Gasteiger partial charge in [-0.25, -0.2) is 9.67 Å². The fraction of sp³-hybridized carbons (Fsp3) is 0.174. The summed E-state index contributed by atoms with van der Waals surface area (Å²) < 4.78 is 3.94. The van der Waals surface area contributed by atoms with E-state index in [0.29, 0.717) is 5.69 Å². The van der Waals surface area contributed by atoms with E-state index in [1.807, 2.05) is 54.6 Å². The number of anilines is 1. The summed E-state index contributed by atoms with van der Waals surface area (Å²) in [7, 11) is 0. The molecule has 3 heterocycles. The number of hydrogen-bond acceptors (Lipinski definition) is 3. The van der Waals surface area contributed by atoms with E-state index < -0.39 is 0 Å². The maximum atomic E-state index is 12.5. The van der Waals surface area contributed by atoms with Gasteiger partial charge in [0.1, 0.15) is 5.82 Å². The number of carbonyl (C=O) groups excluding carboxylic acids is 1. The van der Waals surface area contributed by atoms with Crippen molar-refractivity contribution >= 4 is 11.6 Å². The zero-order valence-electron chi connectivity index (χ0n) is 16.0. The third-order valence-electron chi connectivity index (χ3n) is 5.19. The average molecular weight is 383 g/mol. The van der Waals surface area contributed by atoms with Crippen LogP contribution in [0.15, 0.2) is 73.1 Å². The molecule has 1 amide bonds. The summed E-state index contributed by atoms with van der Waals surface area (Å²) in [6.07, 6.45) is 7.38. The van der Waals surface area contributed by atoms with Crippen molar-refractivity contribution in [3.8, 4) is 16.9 Å². The molecule has 0 saturated heterocycles. The molecule has 4 aromatic rings. The van der Waals surface area contributed by atoms with E-state index in [-0.39, 0.29) is 5.91 Å². The summed E-state index contributed by atoms with van der Waals surface area (Å²) in [4.78, 5) is 17.3. The van der Waals surface area contributed by atoms with Gasteiger partial charge in [0, 0.05) is 36.6 Å². The largest absolute Gasteiger partial charge is 0.334 e. The summed E-state index contributed by atoms with van der Waals surface area (Å²) in [5, 5.41) is 7.28. The Bertz CT molecular complexity index is 1120. The molecule has 0 bridgehead atoms. The van der Waals surface area contributed by atoms with Crippen LogP contribution < -0.4 is 5.32 Å². The van der Waals surface area contributed by atoms with Crippen LogP contribution in [0.3, 0.4) is 0 Å². The second kappa shape index (κ2) is 7.39. The van der Waals surface area contributed by atoms with Crippen molar-refractivity contribution in [3.05, 3.63) is 84.6 Å². The molecule has 0 unspecified atom stereocenters. The van der Waals surface area contributed by atoms with Gasteiger partial charge in [-0.05, 0) is 43.2 Å². The zero-order valence-corrected chi connectivity index (χ0v) is 16.0. The number of aromatic nitrogens is 4. The van der Waals surface area contributed by atoms with Gasteiger partial charge in [-0.2, -0.15) is 5.10 Å². The first-order valence-corrected chi connectivity index (χ1v) is 9.85. The average Bonchev–Trinajstić information content (AvgIpc) is 3.42. The number of carbonyl (C=O) groups is 1. The molecular weight excluding hydrogens is 362 g/mol. The van der Waals surface area contributed by atoms with E-state index in [9.17, 15) is 4.79 Å². The van der Waals surface area contributed by atoms with Gasteiger partial charge in [-0.15, -0.1) is 0 Å². The minimum absolute atomic E-state index is 0.232. The minimum Gasteiger partial charge on any atom is -0.334 e. The Labute approximate surface area is 168 Å². The molecule has 29 heavy (non-hydrogen) atoms. The van der Waals surface area contributed by atoms with Crippen molar-refractivity contribution in [3.63, 3.8) is 0 Å². The first-order valence-electron chi connectivity index (χ1n) is 9.85. The highest BCUT2D eigenvalue weighted by molar-refractivity contribution is 6.02. The Morgan fingerprint density at radius 3 is 2.59 bits per heavy atom. The molecular formula is C23H21N5O. The van der Waals surface area contributed by atoms with Crippen molar-refractivity contribution in [2.75, 3.05) is 5.32 Å². The number of nitrogens with zero attached hydrogens (tertiary/aromatic N) is 4. The van der Waals surface area contributed by atoms with Crippen molar-refractivity contribution < 1.29 is 4.79 Å². The maximum Gasteiger partial charge on any atom is 0.276 e. The number of hydrogen-bond donors (Lipinski definition) is 1. The van der Waals surface area contributed by atoms with E-state index in [2.05, 4.69) is 21.2 Å². The number of amides is 1. The summed E-state index contributed by atoms with van der Waals surface area (Å²) >= 11 is 0. The molecule has 5 rings (SSSR count). The second-order valence-electron chi connectivity index (χ2n) is 7.21. The Morgan fingerprint density at radius 1 is 0.966 bits per heavy atom. The number of nitrogens with one attached hydrogen (secondary N) is 1. The molecule has 1 N–H and O–H groups in total. The molecule has 0 radical (unpaired) electrons. The molecule has 1 aliphatic rings. The molecule has 144 valence electrons. The predicted octanol–water partition coefficient (Wildman–Crippen LogP) is 4.32. The second-order valence-corrected chi connectivity index (χ2v) is 7.21. The lowest BCUT2D eigenvalue weighted by Gasteiger charge is -2.11. The quantitative estimate of drug-likeness (QED) is 0.571. The Morgan fingerprint density at radius 2 is 1.79 bits per heavy atom. The van der Waals surface area contributed by atoms with Crippen molar-refractivity contribution in [2.24, 2.45) is 0 Å². The van der Waals surface area contributed by atoms with E-state index in [1.165, 1.54) is 12.8 Å². The standard InChI is InChI=1S/C23H21N5O/c29-23(20-13-15-28(26-20)19-6-2-1-3-7-19)24-18-11-9-17(10-12-18)21-16-27-14-5-4-8-22(27)25-21/h1-3,6-7,9-13,15-16H,4-5,8,14H2,(H,24,29). The van der Waals surface area contributed by atoms with E-state index in [1.54, 1.807) is 16.9 Å². The third-order valence-corrected chi connectivity index (χ3v) is 5.19. The maximum absolute atomic E-state index is 12.5. The Balaban J connectivity index is 1.29. The highest BCUT2D eigenvalue weighted by Gasteiger charge is 2.14. The number of para-hydroxylation sites is 1. The van der Waals surface area contributed by atoms with Crippen LogP contribution in [0.25, 0.3) is 16.9 Å². The Hall–Kier alpha value is -3.67. The van der Waals surface area contributed by atoms with Crippen LogP contribution in [-0.4, -0.2) is 25.2 Å². The van der Waals surface area contributed by atoms with E-state index >= 15 is 0 Å². The van der Waals surface area contributed by atoms with Gasteiger partial charge in [0.25, 0.3) is 5.91 Å². The molecule has 0 atom stereocenters. The molecule has 6 heteroatoms. The fourth-order valence-electron chi connectivity index (χ4n) is 3.64. The van der Waals surface area contributed by atoms with Gasteiger partial charge in [0.05, 0.1) is 11.4 Å². The lowest BCUT2D eigenvalue weighted by molar-refractivity contribution is 0.102.